The quantitative estimate of drug-likeness (QED) is 0.851. The van der Waals surface area contributed by atoms with Gasteiger partial charge < -0.3 is 9.64 Å². The molecule has 0 radical (unpaired) electrons. The average Bonchev–Trinajstić information content (AvgIpc) is 2.97. The van der Waals surface area contributed by atoms with E-state index in [9.17, 15) is 14.0 Å². The summed E-state index contributed by atoms with van der Waals surface area (Å²) in [5.41, 5.74) is 1.33. The summed E-state index contributed by atoms with van der Waals surface area (Å²) in [6, 6.07) is 7.32. The summed E-state index contributed by atoms with van der Waals surface area (Å²) < 4.78 is 18.3. The van der Waals surface area contributed by atoms with Gasteiger partial charge in [-0.1, -0.05) is 12.8 Å². The third-order valence-electron chi connectivity index (χ3n) is 4.49. The van der Waals surface area contributed by atoms with E-state index in [0.29, 0.717) is 24.3 Å². The molecule has 0 aliphatic carbocycles. The fraction of sp³-hybridized carbons (Fsp3) is 0.421. The van der Waals surface area contributed by atoms with Gasteiger partial charge in [-0.25, -0.2) is 9.18 Å². The molecular formula is C19H22FN3O3. The monoisotopic (exact) mass is 359 g/mol. The van der Waals surface area contributed by atoms with Crippen molar-refractivity contribution in [1.29, 1.82) is 0 Å². The first-order chi connectivity index (χ1) is 12.5. The largest absolute Gasteiger partial charge is 0.448 e. The van der Waals surface area contributed by atoms with Crippen LogP contribution < -0.4 is 0 Å². The molecule has 7 heteroatoms. The molecule has 1 N–H and O–H groups in total. The Morgan fingerprint density at radius 3 is 2.46 bits per heavy atom. The lowest BCUT2D eigenvalue weighted by molar-refractivity contribution is -0.139. The molecule has 1 saturated heterocycles. The van der Waals surface area contributed by atoms with Gasteiger partial charge in [0, 0.05) is 18.7 Å². The van der Waals surface area contributed by atoms with Crippen molar-refractivity contribution in [3.05, 3.63) is 41.8 Å². The number of hydrogen-bond donors (Lipinski definition) is 1. The van der Waals surface area contributed by atoms with Gasteiger partial charge in [0.1, 0.15) is 11.5 Å². The summed E-state index contributed by atoms with van der Waals surface area (Å²) in [5, 5.41) is 6.66. The van der Waals surface area contributed by atoms with Gasteiger partial charge in [-0.05, 0) is 50.1 Å². The first kappa shape index (κ1) is 18.1. The highest BCUT2D eigenvalue weighted by Crippen LogP contribution is 2.19. The van der Waals surface area contributed by atoms with E-state index in [4.69, 9.17) is 4.74 Å². The van der Waals surface area contributed by atoms with Crippen molar-refractivity contribution in [3.8, 4) is 11.3 Å². The lowest BCUT2D eigenvalue weighted by atomic mass is 10.1. The smallest absolute Gasteiger partial charge is 0.357 e. The number of carbonyl (C=O) groups excluding carboxylic acids is 2. The Kier molecular flexibility index (Phi) is 5.65. The zero-order chi connectivity index (χ0) is 18.5. The van der Waals surface area contributed by atoms with Crippen LogP contribution in [0.2, 0.25) is 0 Å². The summed E-state index contributed by atoms with van der Waals surface area (Å²) in [6.45, 7) is 3.00. The summed E-state index contributed by atoms with van der Waals surface area (Å²) >= 11 is 0. The lowest BCUT2D eigenvalue weighted by Crippen LogP contribution is -2.40. The predicted octanol–water partition coefficient (Wildman–Crippen LogP) is 3.16. The molecule has 1 fully saturated rings. The van der Waals surface area contributed by atoms with Crippen LogP contribution in [0.4, 0.5) is 4.39 Å². The Morgan fingerprint density at radius 2 is 1.81 bits per heavy atom. The maximum Gasteiger partial charge on any atom is 0.357 e. The highest BCUT2D eigenvalue weighted by Gasteiger charge is 2.25. The number of aromatic nitrogens is 2. The molecule has 1 aromatic heterocycles. The Labute approximate surface area is 151 Å². The van der Waals surface area contributed by atoms with Gasteiger partial charge in [0.15, 0.2) is 6.10 Å². The number of likely N-dealkylation sites (tertiary alicyclic amines) is 1. The molecule has 2 heterocycles. The van der Waals surface area contributed by atoms with E-state index in [1.54, 1.807) is 24.0 Å². The Balaban J connectivity index is 1.62. The molecule has 0 saturated carbocycles. The minimum atomic E-state index is -0.849. The number of benzene rings is 1. The second kappa shape index (κ2) is 8.12. The van der Waals surface area contributed by atoms with E-state index < -0.39 is 12.1 Å². The zero-order valence-corrected chi connectivity index (χ0v) is 14.7. The first-order valence-corrected chi connectivity index (χ1v) is 8.86. The lowest BCUT2D eigenvalue weighted by Gasteiger charge is -2.23. The van der Waals surface area contributed by atoms with E-state index >= 15 is 0 Å². The fourth-order valence-electron chi connectivity index (χ4n) is 3.02. The molecule has 1 aromatic carbocycles. The number of amides is 1. The number of halogens is 1. The van der Waals surface area contributed by atoms with Gasteiger partial charge in [-0.3, -0.25) is 9.89 Å². The van der Waals surface area contributed by atoms with Crippen molar-refractivity contribution in [2.75, 3.05) is 13.1 Å². The van der Waals surface area contributed by atoms with E-state index in [-0.39, 0.29) is 17.4 Å². The van der Waals surface area contributed by atoms with Crippen LogP contribution in [-0.2, 0) is 9.53 Å². The van der Waals surface area contributed by atoms with Gasteiger partial charge in [0.05, 0.1) is 5.69 Å². The van der Waals surface area contributed by atoms with Crippen LogP contribution in [0, 0.1) is 5.82 Å². The minimum absolute atomic E-state index is 0.153. The van der Waals surface area contributed by atoms with Crippen LogP contribution >= 0.6 is 0 Å². The molecule has 6 nitrogen and oxygen atoms in total. The number of nitrogens with one attached hydrogen (secondary N) is 1. The predicted molar refractivity (Wildman–Crippen MR) is 93.9 cm³/mol. The standard InChI is InChI=1S/C19H22FN3O3/c1-13(18(24)23-10-4-2-3-5-11-23)26-19(25)17-12-16(21-22-17)14-6-8-15(20)9-7-14/h6-9,12-13H,2-5,10-11H2,1H3,(H,21,22)/t13-/m0/s1. The fourth-order valence-corrected chi connectivity index (χ4v) is 3.02. The number of H-pyrrole nitrogens is 1. The second-order valence-corrected chi connectivity index (χ2v) is 6.46. The summed E-state index contributed by atoms with van der Waals surface area (Å²) in [4.78, 5) is 26.5. The molecule has 1 amide bonds. The van der Waals surface area contributed by atoms with Crippen LogP contribution in [0.3, 0.4) is 0 Å². The number of carbonyl (C=O) groups is 2. The third kappa shape index (κ3) is 4.28. The maximum absolute atomic E-state index is 13.0. The van der Waals surface area contributed by atoms with Crippen molar-refractivity contribution in [2.45, 2.75) is 38.7 Å². The first-order valence-electron chi connectivity index (χ1n) is 8.86. The van der Waals surface area contributed by atoms with Crippen molar-refractivity contribution < 1.29 is 18.7 Å². The summed E-state index contributed by atoms with van der Waals surface area (Å²) in [6.07, 6.45) is 3.36. The molecule has 3 rings (SSSR count). The van der Waals surface area contributed by atoms with Crippen molar-refractivity contribution in [2.24, 2.45) is 0 Å². The molecule has 0 unspecified atom stereocenters. The Morgan fingerprint density at radius 1 is 1.15 bits per heavy atom. The SMILES string of the molecule is C[C@H](OC(=O)c1cc(-c2ccc(F)cc2)n[nH]1)C(=O)N1CCCCCC1. The molecule has 0 bridgehead atoms. The topological polar surface area (TPSA) is 75.3 Å². The van der Waals surface area contributed by atoms with E-state index in [1.165, 1.54) is 18.2 Å². The number of hydrogen-bond acceptors (Lipinski definition) is 4. The van der Waals surface area contributed by atoms with E-state index in [1.807, 2.05) is 0 Å². The van der Waals surface area contributed by atoms with Crippen LogP contribution in [-0.4, -0.2) is 46.2 Å². The molecule has 0 spiro atoms. The Hall–Kier alpha value is -2.70. The molecule has 138 valence electrons. The number of esters is 1. The van der Waals surface area contributed by atoms with Gasteiger partial charge in [0.2, 0.25) is 0 Å². The van der Waals surface area contributed by atoms with Gasteiger partial charge in [0.25, 0.3) is 5.91 Å². The summed E-state index contributed by atoms with van der Waals surface area (Å²) in [7, 11) is 0. The van der Waals surface area contributed by atoms with E-state index in [2.05, 4.69) is 10.2 Å². The van der Waals surface area contributed by atoms with E-state index in [0.717, 1.165) is 25.7 Å². The van der Waals surface area contributed by atoms with Crippen molar-refractivity contribution in [1.82, 2.24) is 15.1 Å². The highest BCUT2D eigenvalue weighted by molar-refractivity contribution is 5.91. The third-order valence-corrected chi connectivity index (χ3v) is 4.49. The van der Waals surface area contributed by atoms with Crippen LogP contribution in [0.1, 0.15) is 43.1 Å². The molecule has 1 aliphatic rings. The molecule has 2 aromatic rings. The highest BCUT2D eigenvalue weighted by atomic mass is 19.1. The minimum Gasteiger partial charge on any atom is -0.448 e. The second-order valence-electron chi connectivity index (χ2n) is 6.46. The van der Waals surface area contributed by atoms with Gasteiger partial charge in [-0.15, -0.1) is 0 Å². The van der Waals surface area contributed by atoms with Gasteiger partial charge >= 0.3 is 5.97 Å². The molecule has 1 atom stereocenters. The average molecular weight is 359 g/mol. The van der Waals surface area contributed by atoms with Crippen LogP contribution in [0.25, 0.3) is 11.3 Å². The number of aromatic amines is 1. The summed E-state index contributed by atoms with van der Waals surface area (Å²) in [5.74, 6) is -1.15. The van der Waals surface area contributed by atoms with Crippen molar-refractivity contribution in [3.63, 3.8) is 0 Å². The Bertz CT molecular complexity index is 765. The van der Waals surface area contributed by atoms with Crippen LogP contribution in [0.15, 0.2) is 30.3 Å². The van der Waals surface area contributed by atoms with Gasteiger partial charge in [-0.2, -0.15) is 5.10 Å². The zero-order valence-electron chi connectivity index (χ0n) is 14.7. The number of ether oxygens (including phenoxy) is 1. The number of nitrogens with zero attached hydrogens (tertiary/aromatic N) is 2. The normalized spacial score (nSPS) is 16.0. The molecule has 1 aliphatic heterocycles. The van der Waals surface area contributed by atoms with Crippen molar-refractivity contribution >= 4 is 11.9 Å². The molecular weight excluding hydrogens is 337 g/mol. The maximum atomic E-state index is 13.0. The van der Waals surface area contributed by atoms with Crippen LogP contribution in [0.5, 0.6) is 0 Å². The number of rotatable bonds is 4. The molecule has 26 heavy (non-hydrogen) atoms.